The van der Waals surface area contributed by atoms with Crippen LogP contribution in [0.5, 0.6) is 0 Å². The quantitative estimate of drug-likeness (QED) is 0.639. The van der Waals surface area contributed by atoms with Gasteiger partial charge in [0.1, 0.15) is 0 Å². The second kappa shape index (κ2) is 8.02. The highest BCUT2D eigenvalue weighted by Crippen LogP contribution is 2.19. The van der Waals surface area contributed by atoms with E-state index < -0.39 is 0 Å². The number of nitrogens with one attached hydrogen (secondary N) is 1. The minimum atomic E-state index is -0.206. The highest BCUT2D eigenvalue weighted by atomic mass is 32.1. The Morgan fingerprint density at radius 1 is 1.62 bits per heavy atom. The van der Waals surface area contributed by atoms with Crippen molar-refractivity contribution in [2.24, 2.45) is 16.6 Å². The molecule has 1 aliphatic rings. The van der Waals surface area contributed by atoms with Crippen molar-refractivity contribution in [2.75, 3.05) is 26.7 Å². The summed E-state index contributed by atoms with van der Waals surface area (Å²) in [5, 5.41) is 5.52. The van der Waals surface area contributed by atoms with Crippen molar-refractivity contribution in [1.29, 1.82) is 0 Å². The van der Waals surface area contributed by atoms with Gasteiger partial charge in [-0.2, -0.15) is 0 Å². The van der Waals surface area contributed by atoms with E-state index in [4.69, 9.17) is 5.73 Å². The van der Waals surface area contributed by atoms with E-state index in [0.29, 0.717) is 12.3 Å². The maximum absolute atomic E-state index is 11.1. The summed E-state index contributed by atoms with van der Waals surface area (Å²) in [4.78, 5) is 19.1. The molecular formula is C15H24N4OS. The highest BCUT2D eigenvalue weighted by molar-refractivity contribution is 7.09. The zero-order valence-electron chi connectivity index (χ0n) is 12.5. The molecule has 1 aliphatic heterocycles. The molecule has 0 bridgehead atoms. The van der Waals surface area contributed by atoms with Gasteiger partial charge in [-0.1, -0.05) is 6.07 Å². The number of nitrogens with two attached hydrogens (primary N) is 1. The number of rotatable bonds is 5. The number of likely N-dealkylation sites (tertiary alicyclic amines) is 1. The summed E-state index contributed by atoms with van der Waals surface area (Å²) in [6, 6.07) is 4.23. The highest BCUT2D eigenvalue weighted by Gasteiger charge is 2.23. The molecule has 1 fully saturated rings. The number of thiophene rings is 1. The van der Waals surface area contributed by atoms with Crippen molar-refractivity contribution >= 4 is 23.2 Å². The minimum absolute atomic E-state index is 0.206. The van der Waals surface area contributed by atoms with Crippen LogP contribution >= 0.6 is 11.3 Å². The number of aliphatic imine (C=N–C) groups is 1. The Morgan fingerprint density at radius 2 is 2.48 bits per heavy atom. The Labute approximate surface area is 130 Å². The van der Waals surface area contributed by atoms with Crippen LogP contribution in [-0.4, -0.2) is 43.4 Å². The summed E-state index contributed by atoms with van der Waals surface area (Å²) in [5.74, 6) is 1.08. The van der Waals surface area contributed by atoms with Crippen molar-refractivity contribution in [1.82, 2.24) is 10.2 Å². The van der Waals surface area contributed by atoms with Crippen molar-refractivity contribution in [3.8, 4) is 0 Å². The molecule has 3 N–H and O–H groups in total. The van der Waals surface area contributed by atoms with E-state index in [1.807, 2.05) is 7.05 Å². The topological polar surface area (TPSA) is 70.7 Å². The second-order valence-corrected chi connectivity index (χ2v) is 6.46. The van der Waals surface area contributed by atoms with Crippen LogP contribution in [0.2, 0.25) is 0 Å². The molecule has 0 radical (unpaired) electrons. The van der Waals surface area contributed by atoms with Crippen LogP contribution < -0.4 is 11.1 Å². The number of amides is 1. The summed E-state index contributed by atoms with van der Waals surface area (Å²) in [5.41, 5.74) is 5.31. The van der Waals surface area contributed by atoms with Gasteiger partial charge in [0.05, 0.1) is 0 Å². The molecule has 21 heavy (non-hydrogen) atoms. The van der Waals surface area contributed by atoms with E-state index in [-0.39, 0.29) is 5.91 Å². The summed E-state index contributed by atoms with van der Waals surface area (Å²) >= 11 is 1.78. The molecule has 2 rings (SSSR count). The molecule has 0 aromatic carbocycles. The normalized spacial score (nSPS) is 19.6. The van der Waals surface area contributed by atoms with E-state index >= 15 is 0 Å². The third-order valence-electron chi connectivity index (χ3n) is 3.75. The summed E-state index contributed by atoms with van der Waals surface area (Å²) in [7, 11) is 1.81. The number of primary amides is 1. The largest absolute Gasteiger partial charge is 0.370 e. The Morgan fingerprint density at radius 3 is 3.14 bits per heavy atom. The number of hydrogen-bond acceptors (Lipinski definition) is 3. The molecule has 5 nitrogen and oxygen atoms in total. The zero-order chi connectivity index (χ0) is 15.1. The number of guanidine groups is 1. The van der Waals surface area contributed by atoms with Gasteiger partial charge in [0.15, 0.2) is 5.96 Å². The van der Waals surface area contributed by atoms with E-state index in [1.54, 1.807) is 11.3 Å². The lowest BCUT2D eigenvalue weighted by Crippen LogP contribution is -2.47. The molecule has 1 saturated heterocycles. The van der Waals surface area contributed by atoms with Crippen LogP contribution in [0.15, 0.2) is 22.5 Å². The Kier molecular flexibility index (Phi) is 6.04. The standard InChI is InChI=1S/C15H24N4OS/c1-17-15(18-7-6-13-5-3-9-21-13)19-8-2-4-12(11-19)10-14(16)20/h3,5,9,12H,2,4,6-8,10-11H2,1H3,(H2,16,20)(H,17,18). The van der Waals surface area contributed by atoms with Gasteiger partial charge in [-0.3, -0.25) is 9.79 Å². The van der Waals surface area contributed by atoms with E-state index in [2.05, 4.69) is 32.7 Å². The van der Waals surface area contributed by atoms with Gasteiger partial charge in [-0.15, -0.1) is 11.3 Å². The van der Waals surface area contributed by atoms with Gasteiger partial charge < -0.3 is 16.0 Å². The number of hydrogen-bond donors (Lipinski definition) is 2. The van der Waals surface area contributed by atoms with Crippen LogP contribution in [0.1, 0.15) is 24.1 Å². The molecule has 2 heterocycles. The molecular weight excluding hydrogens is 284 g/mol. The Hall–Kier alpha value is -1.56. The number of carbonyl (C=O) groups excluding carboxylic acids is 1. The molecule has 0 aliphatic carbocycles. The molecule has 0 spiro atoms. The first-order valence-electron chi connectivity index (χ1n) is 7.45. The van der Waals surface area contributed by atoms with Crippen molar-refractivity contribution in [2.45, 2.75) is 25.7 Å². The zero-order valence-corrected chi connectivity index (χ0v) is 13.4. The average molecular weight is 308 g/mol. The average Bonchev–Trinajstić information content (AvgIpc) is 2.96. The Bertz CT molecular complexity index is 472. The SMILES string of the molecule is CN=C(NCCc1cccs1)N1CCCC(CC(N)=O)C1. The molecule has 1 unspecified atom stereocenters. The van der Waals surface area contributed by atoms with Crippen molar-refractivity contribution in [3.05, 3.63) is 22.4 Å². The first-order valence-corrected chi connectivity index (χ1v) is 8.33. The molecule has 1 amide bonds. The third kappa shape index (κ3) is 5.04. The van der Waals surface area contributed by atoms with E-state index in [1.165, 1.54) is 4.88 Å². The fraction of sp³-hybridized carbons (Fsp3) is 0.600. The predicted molar refractivity (Wildman–Crippen MR) is 87.5 cm³/mol. The number of nitrogens with zero attached hydrogens (tertiary/aromatic N) is 2. The molecule has 0 saturated carbocycles. The molecule has 1 atom stereocenters. The summed E-state index contributed by atoms with van der Waals surface area (Å²) in [6.45, 7) is 2.74. The monoisotopic (exact) mass is 308 g/mol. The van der Waals surface area contributed by atoms with Crippen LogP contribution in [0, 0.1) is 5.92 Å². The van der Waals surface area contributed by atoms with Crippen LogP contribution in [0.4, 0.5) is 0 Å². The number of piperidine rings is 1. The van der Waals surface area contributed by atoms with Crippen LogP contribution in [-0.2, 0) is 11.2 Å². The van der Waals surface area contributed by atoms with Gasteiger partial charge in [0, 0.05) is 38.0 Å². The summed E-state index contributed by atoms with van der Waals surface area (Å²) < 4.78 is 0. The van der Waals surface area contributed by atoms with Crippen molar-refractivity contribution < 1.29 is 4.79 Å². The van der Waals surface area contributed by atoms with Crippen molar-refractivity contribution in [3.63, 3.8) is 0 Å². The van der Waals surface area contributed by atoms with Gasteiger partial charge >= 0.3 is 0 Å². The van der Waals surface area contributed by atoms with E-state index in [0.717, 1.165) is 44.9 Å². The van der Waals surface area contributed by atoms with Crippen LogP contribution in [0.25, 0.3) is 0 Å². The Balaban J connectivity index is 1.81. The third-order valence-corrected chi connectivity index (χ3v) is 4.69. The van der Waals surface area contributed by atoms with Gasteiger partial charge in [-0.05, 0) is 36.6 Å². The first kappa shape index (κ1) is 15.8. The van der Waals surface area contributed by atoms with Gasteiger partial charge in [-0.25, -0.2) is 0 Å². The number of carbonyl (C=O) groups is 1. The maximum atomic E-state index is 11.1. The first-order chi connectivity index (χ1) is 10.2. The lowest BCUT2D eigenvalue weighted by Gasteiger charge is -2.34. The minimum Gasteiger partial charge on any atom is -0.370 e. The second-order valence-electron chi connectivity index (χ2n) is 5.43. The molecule has 1 aromatic heterocycles. The predicted octanol–water partition coefficient (Wildman–Crippen LogP) is 1.45. The molecule has 6 heteroatoms. The summed E-state index contributed by atoms with van der Waals surface area (Å²) in [6.07, 6.45) is 3.65. The van der Waals surface area contributed by atoms with Gasteiger partial charge in [0.25, 0.3) is 0 Å². The smallest absolute Gasteiger partial charge is 0.217 e. The maximum Gasteiger partial charge on any atom is 0.217 e. The lowest BCUT2D eigenvalue weighted by atomic mass is 9.95. The lowest BCUT2D eigenvalue weighted by molar-refractivity contribution is -0.119. The molecule has 116 valence electrons. The fourth-order valence-corrected chi connectivity index (χ4v) is 3.50. The fourth-order valence-electron chi connectivity index (χ4n) is 2.79. The van der Waals surface area contributed by atoms with E-state index in [9.17, 15) is 4.79 Å². The molecule has 1 aromatic rings. The van der Waals surface area contributed by atoms with Crippen LogP contribution in [0.3, 0.4) is 0 Å². The van der Waals surface area contributed by atoms with Gasteiger partial charge in [0.2, 0.25) is 5.91 Å².